The van der Waals surface area contributed by atoms with Crippen LogP contribution >= 0.6 is 11.3 Å². The first-order valence-electron chi connectivity index (χ1n) is 9.95. The maximum atomic E-state index is 14.6. The molecule has 1 fully saturated rings. The van der Waals surface area contributed by atoms with Crippen LogP contribution in [0.5, 0.6) is 0 Å². The van der Waals surface area contributed by atoms with Crippen LogP contribution in [0, 0.1) is 17.7 Å². The number of thiazole rings is 1. The molecule has 6 nitrogen and oxygen atoms in total. The van der Waals surface area contributed by atoms with E-state index in [4.69, 9.17) is 5.11 Å². The number of carboxylic acid groups (broad SMARTS) is 1. The van der Waals surface area contributed by atoms with Crippen LogP contribution in [0.15, 0.2) is 47.8 Å². The SMILES string of the molecule is O=C(O)C1CCC[C@@H]1C(=O)c1ccc(-c2ccc(Nc3nc(CO)cs3)c(F)c2)cc1. The molecule has 0 aliphatic heterocycles. The van der Waals surface area contributed by atoms with Crippen LogP contribution in [0.4, 0.5) is 15.2 Å². The summed E-state index contributed by atoms with van der Waals surface area (Å²) in [7, 11) is 0. The molecule has 1 aromatic heterocycles. The van der Waals surface area contributed by atoms with Gasteiger partial charge in [0.1, 0.15) is 5.82 Å². The van der Waals surface area contributed by atoms with Gasteiger partial charge in [0, 0.05) is 16.9 Å². The van der Waals surface area contributed by atoms with E-state index in [1.807, 2.05) is 0 Å². The Labute approximate surface area is 182 Å². The van der Waals surface area contributed by atoms with Crippen LogP contribution in [0.3, 0.4) is 0 Å². The molecule has 1 heterocycles. The zero-order chi connectivity index (χ0) is 22.0. The van der Waals surface area contributed by atoms with Crippen LogP contribution in [-0.2, 0) is 11.4 Å². The number of aliphatic hydroxyl groups is 1. The Balaban J connectivity index is 1.49. The second-order valence-corrected chi connectivity index (χ2v) is 8.40. The number of carbonyl (C=O) groups excluding carboxylic acids is 1. The maximum Gasteiger partial charge on any atom is 0.307 e. The number of benzene rings is 2. The van der Waals surface area contributed by atoms with Crippen molar-refractivity contribution in [3.05, 3.63) is 64.9 Å². The average molecular weight is 440 g/mol. The number of aliphatic hydroxyl groups excluding tert-OH is 1. The summed E-state index contributed by atoms with van der Waals surface area (Å²) in [5.41, 5.74) is 2.67. The normalized spacial score (nSPS) is 18.1. The first kappa shape index (κ1) is 21.1. The van der Waals surface area contributed by atoms with Crippen molar-refractivity contribution in [3.63, 3.8) is 0 Å². The Hall–Kier alpha value is -3.10. The number of aromatic nitrogens is 1. The number of hydrogen-bond acceptors (Lipinski definition) is 6. The first-order valence-corrected chi connectivity index (χ1v) is 10.8. The molecule has 8 heteroatoms. The van der Waals surface area contributed by atoms with E-state index in [1.165, 1.54) is 17.4 Å². The number of aliphatic carboxylic acids is 1. The Morgan fingerprint density at radius 3 is 2.45 bits per heavy atom. The average Bonchev–Trinajstić information content (AvgIpc) is 3.44. The molecular formula is C23H21FN2O4S. The number of rotatable bonds is 7. The number of nitrogens with one attached hydrogen (secondary N) is 1. The van der Waals surface area contributed by atoms with Gasteiger partial charge >= 0.3 is 5.97 Å². The fourth-order valence-electron chi connectivity index (χ4n) is 3.96. The summed E-state index contributed by atoms with van der Waals surface area (Å²) < 4.78 is 14.6. The quantitative estimate of drug-likeness (QED) is 0.454. The summed E-state index contributed by atoms with van der Waals surface area (Å²) in [6.45, 7) is -0.171. The van der Waals surface area contributed by atoms with E-state index in [9.17, 15) is 19.1 Å². The molecule has 2 atom stereocenters. The van der Waals surface area contributed by atoms with Crippen molar-refractivity contribution in [1.82, 2.24) is 4.98 Å². The number of nitrogens with zero attached hydrogens (tertiary/aromatic N) is 1. The molecule has 0 radical (unpaired) electrons. The highest BCUT2D eigenvalue weighted by Crippen LogP contribution is 2.35. The topological polar surface area (TPSA) is 99.5 Å². The highest BCUT2D eigenvalue weighted by atomic mass is 32.1. The summed E-state index contributed by atoms with van der Waals surface area (Å²) in [5, 5.41) is 23.5. The highest BCUT2D eigenvalue weighted by Gasteiger charge is 2.37. The third-order valence-corrected chi connectivity index (χ3v) is 6.40. The van der Waals surface area contributed by atoms with Gasteiger partial charge in [-0.15, -0.1) is 11.3 Å². The van der Waals surface area contributed by atoms with E-state index in [1.54, 1.807) is 41.8 Å². The minimum absolute atomic E-state index is 0.145. The lowest BCUT2D eigenvalue weighted by atomic mass is 9.88. The van der Waals surface area contributed by atoms with Gasteiger partial charge in [-0.3, -0.25) is 9.59 Å². The molecule has 2 aromatic carbocycles. The first-order chi connectivity index (χ1) is 15.0. The number of carbonyl (C=O) groups is 2. The molecule has 1 unspecified atom stereocenters. The monoisotopic (exact) mass is 440 g/mol. The molecule has 0 bridgehead atoms. The molecule has 1 aliphatic carbocycles. The number of anilines is 2. The molecule has 0 spiro atoms. The third kappa shape index (κ3) is 4.50. The minimum atomic E-state index is -0.915. The van der Waals surface area contributed by atoms with Crippen LogP contribution < -0.4 is 5.32 Å². The smallest absolute Gasteiger partial charge is 0.307 e. The summed E-state index contributed by atoms with van der Waals surface area (Å²) in [4.78, 5) is 28.3. The summed E-state index contributed by atoms with van der Waals surface area (Å²) in [6.07, 6.45) is 1.87. The van der Waals surface area contributed by atoms with Crippen molar-refractivity contribution in [3.8, 4) is 11.1 Å². The molecule has 31 heavy (non-hydrogen) atoms. The summed E-state index contributed by atoms with van der Waals surface area (Å²) in [6, 6.07) is 11.6. The summed E-state index contributed by atoms with van der Waals surface area (Å²) >= 11 is 1.28. The molecular weight excluding hydrogens is 419 g/mol. The van der Waals surface area contributed by atoms with Crippen molar-refractivity contribution in [2.45, 2.75) is 25.9 Å². The van der Waals surface area contributed by atoms with Crippen LogP contribution in [0.25, 0.3) is 11.1 Å². The van der Waals surface area contributed by atoms with Gasteiger partial charge in [-0.1, -0.05) is 36.8 Å². The van der Waals surface area contributed by atoms with Crippen molar-refractivity contribution in [2.24, 2.45) is 11.8 Å². The molecule has 0 saturated heterocycles. The molecule has 4 rings (SSSR count). The zero-order valence-corrected chi connectivity index (χ0v) is 17.4. The van der Waals surface area contributed by atoms with E-state index >= 15 is 0 Å². The van der Waals surface area contributed by atoms with Crippen LogP contribution in [0.1, 0.15) is 35.3 Å². The van der Waals surface area contributed by atoms with Gasteiger partial charge in [0.15, 0.2) is 10.9 Å². The highest BCUT2D eigenvalue weighted by molar-refractivity contribution is 7.13. The van der Waals surface area contributed by atoms with Crippen molar-refractivity contribution in [2.75, 3.05) is 5.32 Å². The van der Waals surface area contributed by atoms with Crippen LogP contribution in [0.2, 0.25) is 0 Å². The van der Waals surface area contributed by atoms with Gasteiger partial charge in [0.05, 0.1) is 23.9 Å². The van der Waals surface area contributed by atoms with Crippen molar-refractivity contribution in [1.29, 1.82) is 0 Å². The van der Waals surface area contributed by atoms with Gasteiger partial charge in [-0.25, -0.2) is 9.37 Å². The lowest BCUT2D eigenvalue weighted by Crippen LogP contribution is -2.25. The predicted molar refractivity (Wildman–Crippen MR) is 116 cm³/mol. The Kier molecular flexibility index (Phi) is 6.11. The van der Waals surface area contributed by atoms with E-state index < -0.39 is 23.6 Å². The van der Waals surface area contributed by atoms with E-state index in [0.717, 1.165) is 12.0 Å². The van der Waals surface area contributed by atoms with Gasteiger partial charge < -0.3 is 15.5 Å². The largest absolute Gasteiger partial charge is 0.481 e. The van der Waals surface area contributed by atoms with Crippen LogP contribution in [-0.4, -0.2) is 26.9 Å². The predicted octanol–water partition coefficient (Wildman–Crippen LogP) is 4.87. The number of ketones is 1. The number of hydrogen-bond donors (Lipinski definition) is 3. The standard InChI is InChI=1S/C23H21FN2O4S/c24-19-10-15(8-9-20(19)26-23-25-16(11-27)12-31-23)13-4-6-14(7-5-13)21(28)17-2-1-3-18(17)22(29)30/h4-10,12,17-18,27H,1-3,11H2,(H,25,26)(H,29,30)/t17-,18?/m0/s1. The Morgan fingerprint density at radius 2 is 1.81 bits per heavy atom. The molecule has 1 aliphatic rings. The lowest BCUT2D eigenvalue weighted by Gasteiger charge is -2.15. The molecule has 1 saturated carbocycles. The fraction of sp³-hybridized carbons (Fsp3) is 0.261. The van der Waals surface area contributed by atoms with E-state index in [0.29, 0.717) is 34.8 Å². The lowest BCUT2D eigenvalue weighted by molar-refractivity contribution is -0.142. The van der Waals surface area contributed by atoms with Gasteiger partial charge in [-0.05, 0) is 36.1 Å². The Bertz CT molecular complexity index is 1110. The van der Waals surface area contributed by atoms with Gasteiger partial charge in [-0.2, -0.15) is 0 Å². The second kappa shape index (κ2) is 8.95. The molecule has 0 amide bonds. The minimum Gasteiger partial charge on any atom is -0.481 e. The molecule has 3 aromatic rings. The maximum absolute atomic E-state index is 14.6. The van der Waals surface area contributed by atoms with Gasteiger partial charge in [0.2, 0.25) is 0 Å². The van der Waals surface area contributed by atoms with E-state index in [2.05, 4.69) is 10.3 Å². The third-order valence-electron chi connectivity index (χ3n) is 5.60. The van der Waals surface area contributed by atoms with E-state index in [-0.39, 0.29) is 18.1 Å². The van der Waals surface area contributed by atoms with Gasteiger partial charge in [0.25, 0.3) is 0 Å². The van der Waals surface area contributed by atoms with Crippen molar-refractivity contribution < 1.29 is 24.2 Å². The number of carboxylic acids is 1. The zero-order valence-electron chi connectivity index (χ0n) is 16.5. The fourth-order valence-corrected chi connectivity index (χ4v) is 4.67. The number of halogens is 1. The van der Waals surface area contributed by atoms with Crippen molar-refractivity contribution >= 4 is 33.9 Å². The molecule has 160 valence electrons. The molecule has 3 N–H and O–H groups in total. The number of Topliss-reactive ketones (excluding diaryl/α,β-unsaturated/α-hetero) is 1. The Morgan fingerprint density at radius 1 is 1.10 bits per heavy atom. The summed E-state index contributed by atoms with van der Waals surface area (Å²) in [5.74, 6) is -2.61. The second-order valence-electron chi connectivity index (χ2n) is 7.55.